The minimum absolute atomic E-state index is 0.0825. The first kappa shape index (κ1) is 18.6. The molecular formula is C20H18N2O4S. The summed E-state index contributed by atoms with van der Waals surface area (Å²) in [5.41, 5.74) is 1.81. The lowest BCUT2D eigenvalue weighted by Gasteiger charge is -2.14. The monoisotopic (exact) mass is 382 g/mol. The van der Waals surface area contributed by atoms with Crippen molar-refractivity contribution in [3.8, 4) is 0 Å². The number of aromatic nitrogens is 1. The van der Waals surface area contributed by atoms with E-state index in [1.807, 2.05) is 13.8 Å². The number of nitrogens with one attached hydrogen (secondary N) is 1. The molecule has 0 aliphatic rings. The zero-order valence-corrected chi connectivity index (χ0v) is 15.7. The molecule has 3 aromatic rings. The molecular weight excluding hydrogens is 364 g/mol. The molecule has 0 aliphatic heterocycles. The van der Waals surface area contributed by atoms with Gasteiger partial charge in [0.05, 0.1) is 16.1 Å². The summed E-state index contributed by atoms with van der Waals surface area (Å²) in [4.78, 5) is 13.0. The molecule has 7 heteroatoms. The van der Waals surface area contributed by atoms with Gasteiger partial charge in [-0.05, 0) is 55.3 Å². The first-order valence-electron chi connectivity index (χ1n) is 8.21. The molecule has 6 nitrogen and oxygen atoms in total. The molecule has 0 unspecified atom stereocenters. The van der Waals surface area contributed by atoms with Crippen LogP contribution in [0.15, 0.2) is 71.8 Å². The average Bonchev–Trinajstić information content (AvgIpc) is 2.65. The van der Waals surface area contributed by atoms with Gasteiger partial charge in [-0.2, -0.15) is 4.73 Å². The summed E-state index contributed by atoms with van der Waals surface area (Å²) in [7, 11) is -3.88. The van der Waals surface area contributed by atoms with Crippen molar-refractivity contribution in [2.75, 3.05) is 4.72 Å². The number of pyridine rings is 1. The van der Waals surface area contributed by atoms with E-state index in [4.69, 9.17) is 0 Å². The number of carbonyl (C=O) groups is 1. The molecule has 0 aliphatic carbocycles. The van der Waals surface area contributed by atoms with E-state index in [1.54, 1.807) is 36.4 Å². The number of hydrogen-bond donors (Lipinski definition) is 1. The number of carbonyl (C=O) groups excluding carboxylic acids is 1. The predicted molar refractivity (Wildman–Crippen MR) is 102 cm³/mol. The van der Waals surface area contributed by atoms with Gasteiger partial charge in [-0.25, -0.2) is 8.42 Å². The molecule has 0 fully saturated rings. The van der Waals surface area contributed by atoms with Crippen LogP contribution in [0.3, 0.4) is 0 Å². The van der Waals surface area contributed by atoms with Crippen LogP contribution in [0.2, 0.25) is 0 Å². The summed E-state index contributed by atoms with van der Waals surface area (Å²) >= 11 is 0. The van der Waals surface area contributed by atoms with Gasteiger partial charge in [0.2, 0.25) is 0 Å². The molecule has 1 aromatic heterocycles. The van der Waals surface area contributed by atoms with Crippen molar-refractivity contribution in [2.45, 2.75) is 18.7 Å². The predicted octanol–water partition coefficient (Wildman–Crippen LogP) is 2.97. The Hall–Kier alpha value is -3.19. The largest absolute Gasteiger partial charge is 0.618 e. The maximum absolute atomic E-state index is 12.9. The molecule has 0 saturated heterocycles. The second-order valence-electron chi connectivity index (χ2n) is 6.14. The summed E-state index contributed by atoms with van der Waals surface area (Å²) in [6.45, 7) is 3.64. The Morgan fingerprint density at radius 2 is 1.59 bits per heavy atom. The van der Waals surface area contributed by atoms with E-state index >= 15 is 0 Å². The standard InChI is InChI=1S/C20H18N2O4S/c1-14-12-17(20(23)19-10-6-7-11-22(19)24)18(13-15(14)2)21-27(25,26)16-8-4-3-5-9-16/h3-13,21H,1-2H3. The summed E-state index contributed by atoms with van der Waals surface area (Å²) in [5.74, 6) is -0.556. The number of sulfonamides is 1. The van der Waals surface area contributed by atoms with Gasteiger partial charge >= 0.3 is 0 Å². The van der Waals surface area contributed by atoms with Crippen molar-refractivity contribution in [1.29, 1.82) is 0 Å². The number of anilines is 1. The quantitative estimate of drug-likeness (QED) is 0.417. The zero-order valence-electron chi connectivity index (χ0n) is 14.8. The van der Waals surface area contributed by atoms with Crippen LogP contribution < -0.4 is 9.45 Å². The van der Waals surface area contributed by atoms with E-state index in [-0.39, 0.29) is 21.8 Å². The summed E-state index contributed by atoms with van der Waals surface area (Å²) in [6, 6.07) is 15.6. The van der Waals surface area contributed by atoms with Crippen molar-refractivity contribution < 1.29 is 17.9 Å². The van der Waals surface area contributed by atoms with Crippen molar-refractivity contribution >= 4 is 21.5 Å². The number of hydrogen-bond acceptors (Lipinski definition) is 4. The van der Waals surface area contributed by atoms with Crippen molar-refractivity contribution in [1.82, 2.24) is 0 Å². The van der Waals surface area contributed by atoms with Gasteiger partial charge in [-0.1, -0.05) is 18.2 Å². The Kier molecular flexibility index (Phi) is 4.96. The van der Waals surface area contributed by atoms with E-state index in [9.17, 15) is 18.4 Å². The zero-order chi connectivity index (χ0) is 19.6. The molecule has 27 heavy (non-hydrogen) atoms. The smallest absolute Gasteiger partial charge is 0.264 e. The molecule has 0 radical (unpaired) electrons. The Labute approximate surface area is 157 Å². The van der Waals surface area contributed by atoms with Crippen LogP contribution in [0, 0.1) is 19.1 Å². The topological polar surface area (TPSA) is 90.2 Å². The summed E-state index contributed by atoms with van der Waals surface area (Å²) in [5, 5.41) is 12.0. The lowest BCUT2D eigenvalue weighted by molar-refractivity contribution is -0.607. The lowest BCUT2D eigenvalue weighted by Crippen LogP contribution is -2.34. The van der Waals surface area contributed by atoms with Gasteiger partial charge in [-0.3, -0.25) is 9.52 Å². The minimum atomic E-state index is -3.88. The number of ketones is 1. The fourth-order valence-electron chi connectivity index (χ4n) is 2.63. The van der Waals surface area contributed by atoms with Crippen LogP contribution in [0.5, 0.6) is 0 Å². The average molecular weight is 382 g/mol. The van der Waals surface area contributed by atoms with E-state index in [0.717, 1.165) is 11.1 Å². The molecule has 1 heterocycles. The van der Waals surface area contributed by atoms with Crippen LogP contribution >= 0.6 is 0 Å². The summed E-state index contributed by atoms with van der Waals surface area (Å²) < 4.78 is 28.3. The first-order valence-corrected chi connectivity index (χ1v) is 9.70. The molecule has 1 N–H and O–H groups in total. The van der Waals surface area contributed by atoms with E-state index in [0.29, 0.717) is 4.73 Å². The van der Waals surface area contributed by atoms with Crippen molar-refractivity contribution in [2.24, 2.45) is 0 Å². The highest BCUT2D eigenvalue weighted by atomic mass is 32.2. The van der Waals surface area contributed by atoms with Crippen LogP contribution in [-0.2, 0) is 10.0 Å². The van der Waals surface area contributed by atoms with Crippen molar-refractivity contribution in [3.05, 3.63) is 94.5 Å². The van der Waals surface area contributed by atoms with Crippen LogP contribution in [0.1, 0.15) is 27.2 Å². The molecule has 3 rings (SSSR count). The number of benzene rings is 2. The molecule has 0 atom stereocenters. The van der Waals surface area contributed by atoms with Gasteiger partial charge in [0.25, 0.3) is 21.5 Å². The molecule has 138 valence electrons. The van der Waals surface area contributed by atoms with E-state index in [2.05, 4.69) is 4.72 Å². The minimum Gasteiger partial charge on any atom is -0.618 e. The Bertz CT molecular complexity index is 1110. The van der Waals surface area contributed by atoms with Gasteiger partial charge in [0.15, 0.2) is 6.20 Å². The van der Waals surface area contributed by atoms with Gasteiger partial charge in [-0.15, -0.1) is 0 Å². The molecule has 2 aromatic carbocycles. The Morgan fingerprint density at radius 3 is 2.26 bits per heavy atom. The second kappa shape index (κ2) is 7.20. The van der Waals surface area contributed by atoms with Gasteiger partial charge < -0.3 is 5.21 Å². The third-order valence-corrected chi connectivity index (χ3v) is 5.61. The maximum Gasteiger partial charge on any atom is 0.264 e. The fraction of sp³-hybridized carbons (Fsp3) is 0.100. The van der Waals surface area contributed by atoms with Gasteiger partial charge in [0.1, 0.15) is 0 Å². The first-order chi connectivity index (χ1) is 12.8. The number of rotatable bonds is 5. The fourth-order valence-corrected chi connectivity index (χ4v) is 3.73. The van der Waals surface area contributed by atoms with Crippen LogP contribution in [0.4, 0.5) is 5.69 Å². The van der Waals surface area contributed by atoms with Crippen LogP contribution in [-0.4, -0.2) is 14.2 Å². The third kappa shape index (κ3) is 3.83. The SMILES string of the molecule is Cc1cc(NS(=O)(=O)c2ccccc2)c(C(=O)c2cccc[n+]2[O-])cc1C. The maximum atomic E-state index is 12.9. The van der Waals surface area contributed by atoms with Gasteiger partial charge in [0, 0.05) is 12.1 Å². The second-order valence-corrected chi connectivity index (χ2v) is 7.82. The molecule has 0 amide bonds. The Balaban J connectivity index is 2.10. The highest BCUT2D eigenvalue weighted by molar-refractivity contribution is 7.92. The lowest BCUT2D eigenvalue weighted by atomic mass is 9.99. The highest BCUT2D eigenvalue weighted by Crippen LogP contribution is 2.26. The highest BCUT2D eigenvalue weighted by Gasteiger charge is 2.24. The summed E-state index contributed by atoms with van der Waals surface area (Å²) in [6.07, 6.45) is 1.22. The van der Waals surface area contributed by atoms with Crippen LogP contribution in [0.25, 0.3) is 0 Å². The molecule has 0 bridgehead atoms. The third-order valence-electron chi connectivity index (χ3n) is 4.23. The van der Waals surface area contributed by atoms with E-state index < -0.39 is 15.8 Å². The molecule has 0 spiro atoms. The Morgan fingerprint density at radius 1 is 0.963 bits per heavy atom. The molecule has 0 saturated carbocycles. The van der Waals surface area contributed by atoms with Crippen molar-refractivity contribution in [3.63, 3.8) is 0 Å². The normalized spacial score (nSPS) is 11.2. The van der Waals surface area contributed by atoms with E-state index in [1.165, 1.54) is 30.5 Å². The number of nitrogens with zero attached hydrogens (tertiary/aromatic N) is 1. The number of aryl methyl sites for hydroxylation is 2.